The number of amides is 1. The van der Waals surface area contributed by atoms with Crippen LogP contribution in [0.3, 0.4) is 0 Å². The van der Waals surface area contributed by atoms with Gasteiger partial charge in [0.1, 0.15) is 0 Å². The smallest absolute Gasteiger partial charge is 0.225 e. The molecule has 20 heavy (non-hydrogen) atoms. The predicted octanol–water partition coefficient (Wildman–Crippen LogP) is 3.18. The van der Waals surface area contributed by atoms with Gasteiger partial charge in [-0.05, 0) is 16.5 Å². The summed E-state index contributed by atoms with van der Waals surface area (Å²) >= 11 is 0. The van der Waals surface area contributed by atoms with Crippen molar-refractivity contribution in [1.82, 2.24) is 5.32 Å². The third kappa shape index (κ3) is 4.64. The number of carbonyl (C=O) groups excluding carboxylic acids is 1. The molecular formula is C17H27NO2. The van der Waals surface area contributed by atoms with Crippen molar-refractivity contribution in [3.63, 3.8) is 0 Å². The Morgan fingerprint density at radius 3 is 2.00 bits per heavy atom. The number of aliphatic hydroxyl groups excluding tert-OH is 1. The summed E-state index contributed by atoms with van der Waals surface area (Å²) in [5, 5.41) is 12.9. The average molecular weight is 277 g/mol. The predicted molar refractivity (Wildman–Crippen MR) is 82.6 cm³/mol. The van der Waals surface area contributed by atoms with Crippen molar-refractivity contribution < 1.29 is 9.90 Å². The minimum absolute atomic E-state index is 0.0529. The summed E-state index contributed by atoms with van der Waals surface area (Å²) in [7, 11) is 0. The van der Waals surface area contributed by atoms with Crippen molar-refractivity contribution in [3.05, 3.63) is 35.4 Å². The second-order valence-electron chi connectivity index (χ2n) is 7.35. The van der Waals surface area contributed by atoms with E-state index in [4.69, 9.17) is 0 Å². The summed E-state index contributed by atoms with van der Waals surface area (Å²) in [6, 6.07) is 7.91. The number of benzene rings is 1. The van der Waals surface area contributed by atoms with Gasteiger partial charge in [-0.3, -0.25) is 4.79 Å². The number of hydrogen-bond acceptors (Lipinski definition) is 2. The number of nitrogens with one attached hydrogen (secondary N) is 1. The molecule has 2 N–H and O–H groups in total. The Bertz CT molecular complexity index is 449. The largest absolute Gasteiger partial charge is 0.387 e. The van der Waals surface area contributed by atoms with Gasteiger partial charge >= 0.3 is 0 Å². The Morgan fingerprint density at radius 1 is 1.10 bits per heavy atom. The number of aliphatic hydroxyl groups is 1. The van der Waals surface area contributed by atoms with Gasteiger partial charge in [0, 0.05) is 12.0 Å². The van der Waals surface area contributed by atoms with Crippen molar-refractivity contribution in [1.29, 1.82) is 0 Å². The topological polar surface area (TPSA) is 49.3 Å². The number of carbonyl (C=O) groups is 1. The minimum atomic E-state index is -0.671. The molecule has 0 aliphatic rings. The molecule has 1 unspecified atom stereocenters. The van der Waals surface area contributed by atoms with Crippen molar-refractivity contribution in [3.8, 4) is 0 Å². The maximum absolute atomic E-state index is 11.8. The normalized spacial score (nSPS) is 13.9. The Kier molecular flexibility index (Phi) is 4.98. The number of rotatable bonds is 3. The fourth-order valence-corrected chi connectivity index (χ4v) is 1.78. The number of hydrogen-bond donors (Lipinski definition) is 2. The van der Waals surface area contributed by atoms with Crippen molar-refractivity contribution in [2.45, 2.75) is 53.1 Å². The molecule has 1 atom stereocenters. The summed E-state index contributed by atoms with van der Waals surface area (Å²) in [4.78, 5) is 11.8. The molecule has 0 aromatic heterocycles. The SMILES string of the molecule is CC(C)(C)C(=O)NCC(O)c1ccc(C(C)(C)C)cc1. The molecular weight excluding hydrogens is 250 g/mol. The van der Waals surface area contributed by atoms with E-state index in [-0.39, 0.29) is 17.9 Å². The van der Waals surface area contributed by atoms with E-state index in [1.165, 1.54) is 5.56 Å². The highest BCUT2D eigenvalue weighted by atomic mass is 16.3. The van der Waals surface area contributed by atoms with E-state index in [2.05, 4.69) is 26.1 Å². The first-order valence-electron chi connectivity index (χ1n) is 7.08. The average Bonchev–Trinajstić information content (AvgIpc) is 2.33. The molecule has 1 rings (SSSR count). The van der Waals surface area contributed by atoms with Crippen LogP contribution in [0, 0.1) is 5.41 Å². The first kappa shape index (κ1) is 16.7. The van der Waals surface area contributed by atoms with Gasteiger partial charge in [0.15, 0.2) is 0 Å². The summed E-state index contributed by atoms with van der Waals surface area (Å²) in [5.41, 5.74) is 1.72. The molecule has 0 fully saturated rings. The van der Waals surface area contributed by atoms with Crippen LogP contribution in [0.2, 0.25) is 0 Å². The maximum atomic E-state index is 11.8. The molecule has 0 saturated carbocycles. The van der Waals surface area contributed by atoms with Crippen LogP contribution in [0.15, 0.2) is 24.3 Å². The van der Waals surface area contributed by atoms with E-state index in [1.54, 1.807) is 0 Å². The van der Waals surface area contributed by atoms with Crippen LogP contribution in [0.25, 0.3) is 0 Å². The first-order valence-corrected chi connectivity index (χ1v) is 7.08. The summed E-state index contributed by atoms with van der Waals surface area (Å²) in [6.07, 6.45) is -0.671. The molecule has 0 aliphatic carbocycles. The standard InChI is InChI=1S/C17H27NO2/c1-16(2,3)13-9-7-12(8-10-13)14(19)11-18-15(20)17(4,5)6/h7-10,14,19H,11H2,1-6H3,(H,18,20). The first-order chi connectivity index (χ1) is 9.01. The Labute approximate surface area is 122 Å². The van der Waals surface area contributed by atoms with E-state index >= 15 is 0 Å². The van der Waals surface area contributed by atoms with Crippen molar-refractivity contribution >= 4 is 5.91 Å². The highest BCUT2D eigenvalue weighted by Gasteiger charge is 2.22. The van der Waals surface area contributed by atoms with Crippen LogP contribution in [0.1, 0.15) is 58.8 Å². The van der Waals surface area contributed by atoms with Crippen LogP contribution in [0.5, 0.6) is 0 Å². The third-order valence-electron chi connectivity index (χ3n) is 3.30. The molecule has 3 heteroatoms. The van der Waals surface area contributed by atoms with Crippen LogP contribution < -0.4 is 5.32 Å². The van der Waals surface area contributed by atoms with Crippen LogP contribution >= 0.6 is 0 Å². The fraction of sp³-hybridized carbons (Fsp3) is 0.588. The molecule has 0 saturated heterocycles. The second kappa shape index (κ2) is 5.96. The minimum Gasteiger partial charge on any atom is -0.387 e. The van der Waals surface area contributed by atoms with Crippen LogP contribution in [0.4, 0.5) is 0 Å². The molecule has 0 aliphatic heterocycles. The zero-order chi connectivity index (χ0) is 15.6. The fourth-order valence-electron chi connectivity index (χ4n) is 1.78. The maximum Gasteiger partial charge on any atom is 0.225 e. The lowest BCUT2D eigenvalue weighted by Gasteiger charge is -2.21. The molecule has 1 aromatic carbocycles. The Hall–Kier alpha value is -1.35. The quantitative estimate of drug-likeness (QED) is 0.891. The second-order valence-corrected chi connectivity index (χ2v) is 7.35. The molecule has 3 nitrogen and oxygen atoms in total. The van der Waals surface area contributed by atoms with Gasteiger partial charge < -0.3 is 10.4 Å². The zero-order valence-electron chi connectivity index (χ0n) is 13.4. The molecule has 0 heterocycles. The lowest BCUT2D eigenvalue weighted by Crippen LogP contribution is -2.37. The lowest BCUT2D eigenvalue weighted by molar-refractivity contribution is -0.128. The van der Waals surface area contributed by atoms with Crippen LogP contribution in [-0.2, 0) is 10.2 Å². The lowest BCUT2D eigenvalue weighted by atomic mass is 9.86. The van der Waals surface area contributed by atoms with E-state index in [0.717, 1.165) is 5.56 Å². The van der Waals surface area contributed by atoms with Gasteiger partial charge in [0.25, 0.3) is 0 Å². The van der Waals surface area contributed by atoms with E-state index < -0.39 is 11.5 Å². The highest BCUT2D eigenvalue weighted by molar-refractivity contribution is 5.81. The molecule has 1 aromatic rings. The van der Waals surface area contributed by atoms with Gasteiger partial charge in [0.05, 0.1) is 6.10 Å². The van der Waals surface area contributed by atoms with E-state index in [1.807, 2.05) is 45.0 Å². The summed E-state index contributed by atoms with van der Waals surface area (Å²) in [6.45, 7) is 12.3. The summed E-state index contributed by atoms with van der Waals surface area (Å²) in [5.74, 6) is -0.0529. The molecule has 0 bridgehead atoms. The molecule has 0 spiro atoms. The van der Waals surface area contributed by atoms with Gasteiger partial charge in [0.2, 0.25) is 5.91 Å². The summed E-state index contributed by atoms with van der Waals surface area (Å²) < 4.78 is 0. The van der Waals surface area contributed by atoms with Gasteiger partial charge in [-0.25, -0.2) is 0 Å². The Balaban J connectivity index is 2.65. The van der Waals surface area contributed by atoms with Gasteiger partial charge in [-0.2, -0.15) is 0 Å². The zero-order valence-corrected chi connectivity index (χ0v) is 13.4. The van der Waals surface area contributed by atoms with Gasteiger partial charge in [-0.1, -0.05) is 65.8 Å². The highest BCUT2D eigenvalue weighted by Crippen LogP contribution is 2.24. The van der Waals surface area contributed by atoms with Crippen molar-refractivity contribution in [2.75, 3.05) is 6.54 Å². The van der Waals surface area contributed by atoms with Crippen molar-refractivity contribution in [2.24, 2.45) is 5.41 Å². The monoisotopic (exact) mass is 277 g/mol. The Morgan fingerprint density at radius 2 is 1.60 bits per heavy atom. The molecule has 1 amide bonds. The van der Waals surface area contributed by atoms with E-state index in [0.29, 0.717) is 0 Å². The molecule has 0 radical (unpaired) electrons. The van der Waals surface area contributed by atoms with Crippen LogP contribution in [-0.4, -0.2) is 17.6 Å². The third-order valence-corrected chi connectivity index (χ3v) is 3.30. The van der Waals surface area contributed by atoms with E-state index in [9.17, 15) is 9.90 Å². The van der Waals surface area contributed by atoms with Gasteiger partial charge in [-0.15, -0.1) is 0 Å². The molecule has 112 valence electrons.